The first-order valence-corrected chi connectivity index (χ1v) is 6.10. The van der Waals surface area contributed by atoms with Crippen molar-refractivity contribution in [2.24, 2.45) is 5.10 Å². The van der Waals surface area contributed by atoms with Crippen LogP contribution in [0.25, 0.3) is 0 Å². The number of rotatable bonds is 3. The predicted molar refractivity (Wildman–Crippen MR) is 72.5 cm³/mol. The van der Waals surface area contributed by atoms with Crippen molar-refractivity contribution in [3.8, 4) is 0 Å². The Balaban J connectivity index is 2.05. The maximum atomic E-state index is 11.6. The number of amides is 1. The molecule has 0 aliphatic rings. The molecule has 18 heavy (non-hydrogen) atoms. The van der Waals surface area contributed by atoms with Crippen molar-refractivity contribution in [1.29, 1.82) is 0 Å². The second kappa shape index (κ2) is 5.64. The van der Waals surface area contributed by atoms with Gasteiger partial charge < -0.3 is 4.42 Å². The summed E-state index contributed by atoms with van der Waals surface area (Å²) in [6.07, 6.45) is 1.44. The Morgan fingerprint density at radius 2 is 2.00 bits per heavy atom. The molecule has 0 radical (unpaired) electrons. The quantitative estimate of drug-likeness (QED) is 0.699. The number of carbonyl (C=O) groups is 1. The molecule has 0 bridgehead atoms. The molecule has 0 aliphatic carbocycles. The molecule has 0 aliphatic heterocycles. The van der Waals surface area contributed by atoms with E-state index in [1.165, 1.54) is 6.26 Å². The van der Waals surface area contributed by atoms with E-state index in [1.54, 1.807) is 12.1 Å². The second-order valence-electron chi connectivity index (χ2n) is 3.62. The molecule has 4 nitrogen and oxygen atoms in total. The van der Waals surface area contributed by atoms with E-state index >= 15 is 0 Å². The van der Waals surface area contributed by atoms with Crippen LogP contribution in [-0.4, -0.2) is 11.6 Å². The molecule has 0 unspecified atom stereocenters. The molecule has 0 spiro atoms. The van der Waals surface area contributed by atoms with Crippen LogP contribution >= 0.6 is 15.9 Å². The molecule has 1 aromatic heterocycles. The Labute approximate surface area is 113 Å². The molecule has 1 aromatic carbocycles. The van der Waals surface area contributed by atoms with Crippen LogP contribution in [0.3, 0.4) is 0 Å². The number of furan rings is 1. The highest BCUT2D eigenvalue weighted by Gasteiger charge is 2.07. The van der Waals surface area contributed by atoms with Crippen LogP contribution in [0.5, 0.6) is 0 Å². The second-order valence-corrected chi connectivity index (χ2v) is 4.54. The largest absolute Gasteiger partial charge is 0.459 e. The fourth-order valence-corrected chi connectivity index (χ4v) is 1.62. The summed E-state index contributed by atoms with van der Waals surface area (Å²) in [5, 5.41) is 4.02. The number of nitrogens with zero attached hydrogens (tertiary/aromatic N) is 1. The van der Waals surface area contributed by atoms with Crippen LogP contribution < -0.4 is 5.43 Å². The van der Waals surface area contributed by atoms with Crippen molar-refractivity contribution in [3.05, 3.63) is 58.5 Å². The molecule has 0 fully saturated rings. The van der Waals surface area contributed by atoms with Gasteiger partial charge in [0.25, 0.3) is 0 Å². The highest BCUT2D eigenvalue weighted by atomic mass is 79.9. The van der Waals surface area contributed by atoms with Gasteiger partial charge in [0.05, 0.1) is 12.0 Å². The SMILES string of the molecule is C/C(=N/NC(=O)c1ccco1)c1ccc(Br)cc1. The third-order valence-electron chi connectivity index (χ3n) is 2.33. The van der Waals surface area contributed by atoms with Gasteiger partial charge in [0, 0.05) is 4.47 Å². The fraction of sp³-hybridized carbons (Fsp3) is 0.0769. The van der Waals surface area contributed by atoms with Gasteiger partial charge in [-0.15, -0.1) is 0 Å². The van der Waals surface area contributed by atoms with E-state index in [9.17, 15) is 4.79 Å². The van der Waals surface area contributed by atoms with Crippen molar-refractivity contribution in [3.63, 3.8) is 0 Å². The minimum Gasteiger partial charge on any atom is -0.459 e. The molecule has 92 valence electrons. The normalized spacial score (nSPS) is 11.3. The standard InChI is InChI=1S/C13H11BrN2O2/c1-9(10-4-6-11(14)7-5-10)15-16-13(17)12-3-2-8-18-12/h2-8H,1H3,(H,16,17)/b15-9-. The molecule has 0 saturated heterocycles. The predicted octanol–water partition coefficient (Wildman–Crippen LogP) is 3.20. The van der Waals surface area contributed by atoms with Crippen LogP contribution in [-0.2, 0) is 0 Å². The first-order chi connectivity index (χ1) is 8.66. The van der Waals surface area contributed by atoms with Gasteiger partial charge in [0.15, 0.2) is 5.76 Å². The lowest BCUT2D eigenvalue weighted by molar-refractivity contribution is 0.0927. The molecule has 2 rings (SSSR count). The van der Waals surface area contributed by atoms with E-state index in [1.807, 2.05) is 31.2 Å². The molecule has 2 aromatic rings. The summed E-state index contributed by atoms with van der Waals surface area (Å²) in [4.78, 5) is 11.6. The lowest BCUT2D eigenvalue weighted by Gasteiger charge is -2.01. The Kier molecular flexibility index (Phi) is 3.94. The molecule has 1 N–H and O–H groups in total. The molecular weight excluding hydrogens is 296 g/mol. The maximum Gasteiger partial charge on any atom is 0.307 e. The minimum absolute atomic E-state index is 0.238. The molecule has 1 heterocycles. The summed E-state index contributed by atoms with van der Waals surface area (Å²) in [5.74, 6) is -0.126. The molecule has 5 heteroatoms. The first kappa shape index (κ1) is 12.6. The van der Waals surface area contributed by atoms with Crippen LogP contribution in [0, 0.1) is 0 Å². The number of carbonyl (C=O) groups excluding carboxylic acids is 1. The van der Waals surface area contributed by atoms with Gasteiger partial charge >= 0.3 is 5.91 Å². The first-order valence-electron chi connectivity index (χ1n) is 5.31. The van der Waals surface area contributed by atoms with E-state index in [2.05, 4.69) is 26.5 Å². The zero-order chi connectivity index (χ0) is 13.0. The summed E-state index contributed by atoms with van der Waals surface area (Å²) in [6, 6.07) is 10.9. The third kappa shape index (κ3) is 3.07. The van der Waals surface area contributed by atoms with Gasteiger partial charge in [0.1, 0.15) is 0 Å². The van der Waals surface area contributed by atoms with Crippen LogP contribution in [0.4, 0.5) is 0 Å². The molecule has 0 atom stereocenters. The van der Waals surface area contributed by atoms with E-state index in [0.29, 0.717) is 0 Å². The van der Waals surface area contributed by atoms with E-state index in [0.717, 1.165) is 15.7 Å². The maximum absolute atomic E-state index is 11.6. The average Bonchev–Trinajstić information content (AvgIpc) is 2.90. The van der Waals surface area contributed by atoms with Gasteiger partial charge in [-0.2, -0.15) is 5.10 Å². The average molecular weight is 307 g/mol. The van der Waals surface area contributed by atoms with E-state index in [-0.39, 0.29) is 11.7 Å². The van der Waals surface area contributed by atoms with E-state index in [4.69, 9.17) is 4.42 Å². The number of benzene rings is 1. The number of nitrogens with one attached hydrogen (secondary N) is 1. The lowest BCUT2D eigenvalue weighted by atomic mass is 10.1. The molecule has 0 saturated carbocycles. The Morgan fingerprint density at radius 3 is 2.61 bits per heavy atom. The topological polar surface area (TPSA) is 54.6 Å². The van der Waals surface area contributed by atoms with Gasteiger partial charge in [0.2, 0.25) is 0 Å². The smallest absolute Gasteiger partial charge is 0.307 e. The lowest BCUT2D eigenvalue weighted by Crippen LogP contribution is -2.18. The van der Waals surface area contributed by atoms with Crippen molar-refractivity contribution < 1.29 is 9.21 Å². The number of hydrogen-bond donors (Lipinski definition) is 1. The van der Waals surface area contributed by atoms with Crippen molar-refractivity contribution in [2.45, 2.75) is 6.92 Å². The Bertz CT molecular complexity index is 559. The van der Waals surface area contributed by atoms with E-state index < -0.39 is 0 Å². The summed E-state index contributed by atoms with van der Waals surface area (Å²) >= 11 is 3.36. The van der Waals surface area contributed by atoms with Crippen molar-refractivity contribution >= 4 is 27.5 Å². The summed E-state index contributed by atoms with van der Waals surface area (Å²) in [5.41, 5.74) is 4.11. The monoisotopic (exact) mass is 306 g/mol. The third-order valence-corrected chi connectivity index (χ3v) is 2.86. The zero-order valence-corrected chi connectivity index (χ0v) is 11.3. The van der Waals surface area contributed by atoms with Crippen LogP contribution in [0.2, 0.25) is 0 Å². The Hall–Kier alpha value is -1.88. The van der Waals surface area contributed by atoms with Crippen molar-refractivity contribution in [2.75, 3.05) is 0 Å². The number of halogens is 1. The van der Waals surface area contributed by atoms with Crippen LogP contribution in [0.1, 0.15) is 23.0 Å². The Morgan fingerprint density at radius 1 is 1.28 bits per heavy atom. The summed E-state index contributed by atoms with van der Waals surface area (Å²) in [7, 11) is 0. The highest BCUT2D eigenvalue weighted by molar-refractivity contribution is 9.10. The van der Waals surface area contributed by atoms with Gasteiger partial charge in [-0.25, -0.2) is 5.43 Å². The minimum atomic E-state index is -0.364. The molecular formula is C13H11BrN2O2. The van der Waals surface area contributed by atoms with Crippen LogP contribution in [0.15, 0.2) is 56.7 Å². The van der Waals surface area contributed by atoms with Crippen molar-refractivity contribution in [1.82, 2.24) is 5.43 Å². The zero-order valence-electron chi connectivity index (χ0n) is 9.68. The summed E-state index contributed by atoms with van der Waals surface area (Å²) in [6.45, 7) is 1.83. The highest BCUT2D eigenvalue weighted by Crippen LogP contribution is 2.11. The summed E-state index contributed by atoms with van der Waals surface area (Å²) < 4.78 is 5.96. The van der Waals surface area contributed by atoms with Gasteiger partial charge in [-0.1, -0.05) is 28.1 Å². The number of hydrazone groups is 1. The van der Waals surface area contributed by atoms with Gasteiger partial charge in [-0.3, -0.25) is 4.79 Å². The number of hydrogen-bond acceptors (Lipinski definition) is 3. The fourth-order valence-electron chi connectivity index (χ4n) is 1.35. The van der Waals surface area contributed by atoms with Gasteiger partial charge in [-0.05, 0) is 36.8 Å². The molecule has 1 amide bonds.